The maximum absolute atomic E-state index is 2.82. The number of benzene rings is 8. The van der Waals surface area contributed by atoms with Gasteiger partial charge in [-0.15, -0.1) is 0 Å². The molecule has 348 valence electrons. The van der Waals surface area contributed by atoms with Crippen molar-refractivity contribution in [1.82, 2.24) is 18.1 Å². The first kappa shape index (κ1) is 41.4. The van der Waals surface area contributed by atoms with Gasteiger partial charge in [0.1, 0.15) is 0 Å². The van der Waals surface area contributed by atoms with Crippen LogP contribution in [0.2, 0.25) is 0 Å². The molecular formula is C66H58B2N4. The summed E-state index contributed by atoms with van der Waals surface area (Å²) in [6.07, 6.45) is 0. The number of aromatic nitrogens is 4. The first-order valence-electron chi connectivity index (χ1n) is 26.4. The summed E-state index contributed by atoms with van der Waals surface area (Å²) in [6, 6.07) is 53.1. The largest absolute Gasteiger partial charge is 0.374 e. The van der Waals surface area contributed by atoms with Crippen molar-refractivity contribution in [2.45, 2.75) is 105 Å². The number of rotatable bonds is 0. The Kier molecular flexibility index (Phi) is 7.31. The summed E-state index contributed by atoms with van der Waals surface area (Å²) in [4.78, 5) is 0. The van der Waals surface area contributed by atoms with Crippen molar-refractivity contribution >= 4 is 112 Å². The van der Waals surface area contributed by atoms with E-state index in [0.29, 0.717) is 0 Å². The minimum atomic E-state index is -0.0574. The highest BCUT2D eigenvalue weighted by molar-refractivity contribution is 6.92. The monoisotopic (exact) mass is 928 g/mol. The van der Waals surface area contributed by atoms with E-state index < -0.39 is 0 Å². The minimum Gasteiger partial charge on any atom is -0.374 e. The first-order chi connectivity index (χ1) is 34.3. The van der Waals surface area contributed by atoms with Crippen LogP contribution >= 0.6 is 0 Å². The van der Waals surface area contributed by atoms with Crippen molar-refractivity contribution in [3.63, 3.8) is 0 Å². The summed E-state index contributed by atoms with van der Waals surface area (Å²) in [6.45, 7) is 28.5. The third-order valence-corrected chi connectivity index (χ3v) is 17.8. The fourth-order valence-electron chi connectivity index (χ4n) is 14.7. The Bertz CT molecular complexity index is 4260. The second kappa shape index (κ2) is 12.7. The van der Waals surface area contributed by atoms with Crippen molar-refractivity contribution in [3.05, 3.63) is 156 Å². The van der Waals surface area contributed by atoms with Gasteiger partial charge in [0.2, 0.25) is 0 Å². The van der Waals surface area contributed by atoms with E-state index in [2.05, 4.69) is 235 Å². The van der Waals surface area contributed by atoms with E-state index >= 15 is 0 Å². The molecule has 8 aromatic carbocycles. The lowest BCUT2D eigenvalue weighted by Crippen LogP contribution is -2.55. The van der Waals surface area contributed by atoms with Crippen molar-refractivity contribution in [2.75, 3.05) is 0 Å². The molecule has 16 rings (SSSR count). The summed E-state index contributed by atoms with van der Waals surface area (Å²) in [7, 11) is 0. The normalized spacial score (nSPS) is 14.6. The number of para-hydroxylation sites is 4. The summed E-state index contributed by atoms with van der Waals surface area (Å²) in [5.74, 6) is 0. The predicted octanol–water partition coefficient (Wildman–Crippen LogP) is 14.0. The van der Waals surface area contributed by atoms with Crippen molar-refractivity contribution in [1.29, 1.82) is 0 Å². The summed E-state index contributed by atoms with van der Waals surface area (Å²) in [5, 5.41) is 8.14. The fourth-order valence-corrected chi connectivity index (χ4v) is 14.7. The third-order valence-electron chi connectivity index (χ3n) is 17.8. The molecular weight excluding hydrogens is 870 g/mol. The second-order valence-electron chi connectivity index (χ2n) is 26.1. The standard InChI is InChI=1S/C66H58B2N4/c1-63(2,3)35-31-45(65(7,8)9)53-41-29-27-37-39-19-17-21-43-57(39)71(67-47-23-13-15-25-49(47)69(51(53)33-35)59(41)55(37)67)61-44-22-18-20-40-38-28-30-42-54-46(66(10,11)12)32-36(64(4,5)6)34-52(54)70-50-26-16-14-24-48(50)68(56(38)60(42)70)72(58(40)44)62(43)61/h13-34H,1-12H3. The molecule has 0 saturated heterocycles. The van der Waals surface area contributed by atoms with Crippen LogP contribution in [-0.2, 0) is 21.7 Å². The Morgan fingerprint density at radius 1 is 0.333 bits per heavy atom. The van der Waals surface area contributed by atoms with Gasteiger partial charge in [-0.2, -0.15) is 0 Å². The molecule has 0 atom stereocenters. The molecule has 0 aliphatic carbocycles. The number of hydrogen-bond acceptors (Lipinski definition) is 0. The fraction of sp³-hybridized carbons (Fsp3) is 0.242. The second-order valence-corrected chi connectivity index (χ2v) is 26.1. The molecule has 0 saturated carbocycles. The summed E-state index contributed by atoms with van der Waals surface area (Å²) in [5.41, 5.74) is 29.7. The quantitative estimate of drug-likeness (QED) is 0.135. The van der Waals surface area contributed by atoms with E-state index in [1.54, 1.807) is 0 Å². The van der Waals surface area contributed by atoms with E-state index in [0.717, 1.165) is 0 Å². The average molecular weight is 929 g/mol. The maximum Gasteiger partial charge on any atom is 0.333 e. The van der Waals surface area contributed by atoms with Crippen LogP contribution in [0.5, 0.6) is 0 Å². The molecule has 0 spiro atoms. The van der Waals surface area contributed by atoms with Crippen LogP contribution < -0.4 is 21.9 Å². The van der Waals surface area contributed by atoms with Gasteiger partial charge in [-0.1, -0.05) is 192 Å². The van der Waals surface area contributed by atoms with Crippen LogP contribution in [0.4, 0.5) is 0 Å². The minimum absolute atomic E-state index is 0.00879. The zero-order chi connectivity index (χ0) is 49.2. The molecule has 12 aromatic rings. The van der Waals surface area contributed by atoms with E-state index in [-0.39, 0.29) is 35.4 Å². The molecule has 0 unspecified atom stereocenters. The van der Waals surface area contributed by atoms with Gasteiger partial charge in [0.05, 0.1) is 33.1 Å². The van der Waals surface area contributed by atoms with Crippen LogP contribution in [0.3, 0.4) is 0 Å². The number of nitrogens with zero attached hydrogens (tertiary/aromatic N) is 4. The Balaban J connectivity index is 1.07. The smallest absolute Gasteiger partial charge is 0.333 e. The number of hydrogen-bond donors (Lipinski definition) is 0. The topological polar surface area (TPSA) is 19.7 Å². The molecule has 0 radical (unpaired) electrons. The Morgan fingerprint density at radius 3 is 1.12 bits per heavy atom. The van der Waals surface area contributed by atoms with Crippen LogP contribution in [0.1, 0.15) is 105 Å². The maximum atomic E-state index is 2.82. The molecule has 4 aromatic heterocycles. The van der Waals surface area contributed by atoms with Gasteiger partial charge < -0.3 is 18.1 Å². The zero-order valence-corrected chi connectivity index (χ0v) is 43.6. The molecule has 0 N–H and O–H groups in total. The van der Waals surface area contributed by atoms with Gasteiger partial charge in [0.25, 0.3) is 0 Å². The first-order valence-corrected chi connectivity index (χ1v) is 26.4. The highest BCUT2D eigenvalue weighted by Crippen LogP contribution is 2.51. The summed E-state index contributed by atoms with van der Waals surface area (Å²) >= 11 is 0. The lowest BCUT2D eigenvalue weighted by Gasteiger charge is -2.34. The summed E-state index contributed by atoms with van der Waals surface area (Å²) < 4.78 is 11.0. The highest BCUT2D eigenvalue weighted by Gasteiger charge is 2.47. The number of fused-ring (bicyclic) bond motifs is 21. The van der Waals surface area contributed by atoms with Gasteiger partial charge in [-0.3, -0.25) is 0 Å². The van der Waals surface area contributed by atoms with Crippen LogP contribution in [0, 0.1) is 0 Å². The third kappa shape index (κ3) is 4.75. The van der Waals surface area contributed by atoms with Crippen LogP contribution in [-0.4, -0.2) is 31.8 Å². The van der Waals surface area contributed by atoms with E-state index in [4.69, 9.17) is 0 Å². The molecule has 6 heteroatoms. The lowest BCUT2D eigenvalue weighted by atomic mass is 9.45. The van der Waals surface area contributed by atoms with E-state index in [1.165, 1.54) is 154 Å². The van der Waals surface area contributed by atoms with Crippen LogP contribution in [0.25, 0.3) is 110 Å². The highest BCUT2D eigenvalue weighted by atomic mass is 15.1. The van der Waals surface area contributed by atoms with Crippen LogP contribution in [0.15, 0.2) is 133 Å². The Morgan fingerprint density at radius 2 is 0.736 bits per heavy atom. The molecule has 4 nitrogen and oxygen atoms in total. The van der Waals surface area contributed by atoms with Gasteiger partial charge in [-0.05, 0) is 101 Å². The molecule has 4 aliphatic heterocycles. The van der Waals surface area contributed by atoms with Gasteiger partial charge in [-0.25, -0.2) is 0 Å². The lowest BCUT2D eigenvalue weighted by molar-refractivity contribution is 0.572. The Hall–Kier alpha value is -7.17. The van der Waals surface area contributed by atoms with E-state index in [1.807, 2.05) is 0 Å². The van der Waals surface area contributed by atoms with Crippen molar-refractivity contribution in [2.24, 2.45) is 0 Å². The Labute approximate surface area is 422 Å². The zero-order valence-electron chi connectivity index (χ0n) is 43.6. The molecule has 4 aliphatic rings. The molecule has 0 bridgehead atoms. The van der Waals surface area contributed by atoms with Gasteiger partial charge in [0, 0.05) is 65.9 Å². The van der Waals surface area contributed by atoms with Crippen molar-refractivity contribution < 1.29 is 0 Å². The van der Waals surface area contributed by atoms with Gasteiger partial charge in [0.15, 0.2) is 0 Å². The SMILES string of the molecule is CC(C)(C)c1cc(C(C)(C)C)c2c3ccc4c5c3n(c2c1)-c1ccccc1B5n1c2c-4cccc2c2c1c1cccc3c1n2B1c2ccccc2-n2c4cc(C(C)(C)C)cc(C(C)(C)C)c4c4ccc-3c1c42. The van der Waals surface area contributed by atoms with E-state index in [9.17, 15) is 0 Å². The van der Waals surface area contributed by atoms with Crippen molar-refractivity contribution in [3.8, 4) is 33.6 Å². The average Bonchev–Trinajstić information content (AvgIpc) is 4.07. The van der Waals surface area contributed by atoms with Gasteiger partial charge >= 0.3 is 13.7 Å². The molecule has 0 amide bonds. The predicted molar refractivity (Wildman–Crippen MR) is 310 cm³/mol. The molecule has 8 heterocycles. The molecule has 72 heavy (non-hydrogen) atoms. The molecule has 0 fully saturated rings.